The highest BCUT2D eigenvalue weighted by Gasteiger charge is 2.24. The van der Waals surface area contributed by atoms with Crippen LogP contribution in [0.5, 0.6) is 0 Å². The van der Waals surface area contributed by atoms with Crippen LogP contribution in [0.2, 0.25) is 0 Å². The van der Waals surface area contributed by atoms with Crippen molar-refractivity contribution < 1.29 is 0 Å². The fraction of sp³-hybridized carbons (Fsp3) is 0.769. The van der Waals surface area contributed by atoms with Crippen LogP contribution < -0.4 is 5.32 Å². The van der Waals surface area contributed by atoms with E-state index < -0.39 is 0 Å². The van der Waals surface area contributed by atoms with Gasteiger partial charge in [-0.1, -0.05) is 0 Å². The lowest BCUT2D eigenvalue weighted by atomic mass is 10.1. The molecule has 1 aromatic heterocycles. The van der Waals surface area contributed by atoms with Crippen LogP contribution in [0, 0.1) is 13.8 Å². The van der Waals surface area contributed by atoms with E-state index in [1.54, 1.807) is 0 Å². The average molecular weight is 236 g/mol. The monoisotopic (exact) mass is 236 g/mol. The minimum atomic E-state index is 0.587. The molecule has 2 rings (SSSR count). The SMILES string of the molecule is Cc1nn(C)c(C)c1CN1CC(C)NCC1C. The second kappa shape index (κ2) is 4.78. The number of aryl methyl sites for hydroxylation is 2. The normalized spacial score (nSPS) is 26.4. The Balaban J connectivity index is 2.14. The van der Waals surface area contributed by atoms with Crippen LogP contribution in [0.3, 0.4) is 0 Å². The van der Waals surface area contributed by atoms with E-state index in [0.717, 1.165) is 19.6 Å². The van der Waals surface area contributed by atoms with Gasteiger partial charge in [0.1, 0.15) is 0 Å². The molecule has 4 heteroatoms. The number of hydrogen-bond acceptors (Lipinski definition) is 3. The topological polar surface area (TPSA) is 33.1 Å². The third-order valence-corrected chi connectivity index (χ3v) is 3.91. The van der Waals surface area contributed by atoms with Crippen molar-refractivity contribution in [2.45, 2.75) is 46.3 Å². The van der Waals surface area contributed by atoms with Crippen molar-refractivity contribution in [1.82, 2.24) is 20.0 Å². The van der Waals surface area contributed by atoms with Gasteiger partial charge in [0.05, 0.1) is 5.69 Å². The highest BCUT2D eigenvalue weighted by molar-refractivity contribution is 5.24. The van der Waals surface area contributed by atoms with E-state index in [1.165, 1.54) is 17.0 Å². The molecule has 0 aromatic carbocycles. The molecule has 4 nitrogen and oxygen atoms in total. The van der Waals surface area contributed by atoms with Gasteiger partial charge in [-0.3, -0.25) is 9.58 Å². The summed E-state index contributed by atoms with van der Waals surface area (Å²) in [5, 5.41) is 8.01. The quantitative estimate of drug-likeness (QED) is 0.838. The largest absolute Gasteiger partial charge is 0.311 e. The van der Waals surface area contributed by atoms with E-state index >= 15 is 0 Å². The highest BCUT2D eigenvalue weighted by Crippen LogP contribution is 2.17. The smallest absolute Gasteiger partial charge is 0.0641 e. The molecule has 1 aliphatic rings. The van der Waals surface area contributed by atoms with Crippen molar-refractivity contribution in [3.05, 3.63) is 17.0 Å². The first kappa shape index (κ1) is 12.6. The number of piperazine rings is 1. The molecule has 1 saturated heterocycles. The molecule has 0 bridgehead atoms. The Bertz CT molecular complexity index is 396. The molecule has 0 radical (unpaired) electrons. The maximum atomic E-state index is 4.49. The number of hydrogen-bond donors (Lipinski definition) is 1. The molecule has 0 spiro atoms. The van der Waals surface area contributed by atoms with Gasteiger partial charge >= 0.3 is 0 Å². The Kier molecular flexibility index (Phi) is 3.54. The molecule has 0 amide bonds. The van der Waals surface area contributed by atoms with Crippen LogP contribution in [0.25, 0.3) is 0 Å². The van der Waals surface area contributed by atoms with Crippen LogP contribution in [-0.2, 0) is 13.6 Å². The summed E-state index contributed by atoms with van der Waals surface area (Å²) < 4.78 is 1.99. The van der Waals surface area contributed by atoms with Crippen molar-refractivity contribution in [2.24, 2.45) is 7.05 Å². The Labute approximate surface area is 104 Å². The fourth-order valence-electron chi connectivity index (χ4n) is 2.57. The van der Waals surface area contributed by atoms with Gasteiger partial charge in [0.2, 0.25) is 0 Å². The van der Waals surface area contributed by atoms with Crippen LogP contribution in [0.15, 0.2) is 0 Å². The summed E-state index contributed by atoms with van der Waals surface area (Å²) in [6.07, 6.45) is 0. The molecule has 1 fully saturated rings. The zero-order chi connectivity index (χ0) is 12.6. The van der Waals surface area contributed by atoms with Crippen molar-refractivity contribution in [3.8, 4) is 0 Å². The van der Waals surface area contributed by atoms with E-state index in [9.17, 15) is 0 Å². The standard InChI is InChI=1S/C13H24N4/c1-9-7-17(10(2)6-14-9)8-13-11(3)15-16(5)12(13)4/h9-10,14H,6-8H2,1-5H3. The Morgan fingerprint density at radius 3 is 2.65 bits per heavy atom. The molecular formula is C13H24N4. The molecule has 96 valence electrons. The molecule has 17 heavy (non-hydrogen) atoms. The molecule has 1 aliphatic heterocycles. The van der Waals surface area contributed by atoms with Crippen molar-refractivity contribution in [2.75, 3.05) is 13.1 Å². The second-order valence-corrected chi connectivity index (χ2v) is 5.36. The summed E-state index contributed by atoms with van der Waals surface area (Å²) in [7, 11) is 2.02. The van der Waals surface area contributed by atoms with E-state index in [2.05, 4.69) is 43.0 Å². The van der Waals surface area contributed by atoms with E-state index in [0.29, 0.717) is 12.1 Å². The Morgan fingerprint density at radius 2 is 2.06 bits per heavy atom. The molecule has 2 unspecified atom stereocenters. The number of aromatic nitrogens is 2. The molecule has 1 aromatic rings. The van der Waals surface area contributed by atoms with Gasteiger partial charge in [-0.15, -0.1) is 0 Å². The Morgan fingerprint density at radius 1 is 1.35 bits per heavy atom. The Hall–Kier alpha value is -0.870. The van der Waals surface area contributed by atoms with Crippen molar-refractivity contribution >= 4 is 0 Å². The van der Waals surface area contributed by atoms with Crippen molar-refractivity contribution in [1.29, 1.82) is 0 Å². The van der Waals surface area contributed by atoms with Crippen molar-refractivity contribution in [3.63, 3.8) is 0 Å². The highest BCUT2D eigenvalue weighted by atomic mass is 15.3. The van der Waals surface area contributed by atoms with Crippen LogP contribution in [0.4, 0.5) is 0 Å². The summed E-state index contributed by atoms with van der Waals surface area (Å²) in [5.41, 5.74) is 3.86. The van der Waals surface area contributed by atoms with Gasteiger partial charge in [0, 0.05) is 50.0 Å². The van der Waals surface area contributed by atoms with E-state index in [1.807, 2.05) is 11.7 Å². The minimum Gasteiger partial charge on any atom is -0.311 e. The fourth-order valence-corrected chi connectivity index (χ4v) is 2.57. The van der Waals surface area contributed by atoms with Gasteiger partial charge in [-0.25, -0.2) is 0 Å². The van der Waals surface area contributed by atoms with Gasteiger partial charge in [0.25, 0.3) is 0 Å². The molecule has 0 aliphatic carbocycles. The van der Waals surface area contributed by atoms with Crippen LogP contribution in [-0.4, -0.2) is 39.9 Å². The van der Waals surface area contributed by atoms with Crippen LogP contribution in [0.1, 0.15) is 30.8 Å². The lowest BCUT2D eigenvalue weighted by molar-refractivity contribution is 0.138. The predicted octanol–water partition coefficient (Wildman–Crippen LogP) is 1.22. The van der Waals surface area contributed by atoms with Gasteiger partial charge in [-0.05, 0) is 27.7 Å². The van der Waals surface area contributed by atoms with Gasteiger partial charge in [0.15, 0.2) is 0 Å². The summed E-state index contributed by atoms with van der Waals surface area (Å²) >= 11 is 0. The summed E-state index contributed by atoms with van der Waals surface area (Å²) in [6, 6.07) is 1.19. The molecule has 2 heterocycles. The molecule has 1 N–H and O–H groups in total. The lowest BCUT2D eigenvalue weighted by Crippen LogP contribution is -2.53. The number of nitrogens with zero attached hydrogens (tertiary/aromatic N) is 3. The average Bonchev–Trinajstić information content (AvgIpc) is 2.50. The number of nitrogens with one attached hydrogen (secondary N) is 1. The van der Waals surface area contributed by atoms with E-state index in [-0.39, 0.29) is 0 Å². The first-order chi connectivity index (χ1) is 7.99. The lowest BCUT2D eigenvalue weighted by Gasteiger charge is -2.37. The van der Waals surface area contributed by atoms with E-state index in [4.69, 9.17) is 0 Å². The first-order valence-corrected chi connectivity index (χ1v) is 6.45. The predicted molar refractivity (Wildman–Crippen MR) is 70.0 cm³/mol. The third kappa shape index (κ3) is 2.53. The summed E-state index contributed by atoms with van der Waals surface area (Å²) in [5.74, 6) is 0. The maximum absolute atomic E-state index is 4.49. The molecule has 2 atom stereocenters. The molecule has 0 saturated carbocycles. The van der Waals surface area contributed by atoms with Crippen LogP contribution >= 0.6 is 0 Å². The van der Waals surface area contributed by atoms with Gasteiger partial charge in [-0.2, -0.15) is 5.10 Å². The first-order valence-electron chi connectivity index (χ1n) is 6.45. The second-order valence-electron chi connectivity index (χ2n) is 5.36. The zero-order valence-electron chi connectivity index (χ0n) is 11.6. The molecular weight excluding hydrogens is 212 g/mol. The number of rotatable bonds is 2. The summed E-state index contributed by atoms with van der Waals surface area (Å²) in [6.45, 7) is 12.0. The third-order valence-electron chi connectivity index (χ3n) is 3.91. The maximum Gasteiger partial charge on any atom is 0.0641 e. The zero-order valence-corrected chi connectivity index (χ0v) is 11.6. The minimum absolute atomic E-state index is 0.587. The van der Waals surface area contributed by atoms with Gasteiger partial charge < -0.3 is 5.32 Å². The summed E-state index contributed by atoms with van der Waals surface area (Å²) in [4.78, 5) is 2.55.